The monoisotopic (exact) mass is 398 g/mol. The predicted octanol–water partition coefficient (Wildman–Crippen LogP) is 4.15. The molecule has 2 rings (SSSR count). The van der Waals surface area contributed by atoms with Gasteiger partial charge in [-0.15, -0.1) is 11.8 Å². The summed E-state index contributed by atoms with van der Waals surface area (Å²) in [6.45, 7) is 6.34. The van der Waals surface area contributed by atoms with Gasteiger partial charge in [-0.05, 0) is 44.4 Å². The van der Waals surface area contributed by atoms with E-state index in [2.05, 4.69) is 5.32 Å². The Morgan fingerprint density at radius 2 is 1.61 bits per heavy atom. The lowest BCUT2D eigenvalue weighted by Crippen LogP contribution is -2.51. The number of thioether (sulfide) groups is 1. The van der Waals surface area contributed by atoms with Crippen LogP contribution >= 0.6 is 11.8 Å². The van der Waals surface area contributed by atoms with Crippen molar-refractivity contribution in [1.29, 1.82) is 0 Å². The third kappa shape index (κ3) is 7.04. The van der Waals surface area contributed by atoms with E-state index in [9.17, 15) is 9.59 Å². The Kier molecular flexibility index (Phi) is 9.08. The number of nitrogens with zero attached hydrogens (tertiary/aromatic N) is 1. The highest BCUT2D eigenvalue weighted by Gasteiger charge is 2.26. The van der Waals surface area contributed by atoms with E-state index in [1.54, 1.807) is 4.90 Å². The summed E-state index contributed by atoms with van der Waals surface area (Å²) in [5, 5.41) is 3.00. The van der Waals surface area contributed by atoms with E-state index in [4.69, 9.17) is 0 Å². The second kappa shape index (κ2) is 11.5. The molecule has 0 bridgehead atoms. The van der Waals surface area contributed by atoms with E-state index in [0.717, 1.165) is 23.3 Å². The summed E-state index contributed by atoms with van der Waals surface area (Å²) in [6.07, 6.45) is 1.59. The molecule has 28 heavy (non-hydrogen) atoms. The second-order valence-electron chi connectivity index (χ2n) is 6.92. The molecule has 2 atom stereocenters. The van der Waals surface area contributed by atoms with Gasteiger partial charge in [0.1, 0.15) is 6.04 Å². The third-order valence-electron chi connectivity index (χ3n) is 4.76. The maximum atomic E-state index is 13.0. The van der Waals surface area contributed by atoms with E-state index in [1.807, 2.05) is 81.4 Å². The molecular formula is C23H30N2O2S. The quantitative estimate of drug-likeness (QED) is 0.612. The van der Waals surface area contributed by atoms with E-state index in [-0.39, 0.29) is 17.9 Å². The van der Waals surface area contributed by atoms with Gasteiger partial charge >= 0.3 is 0 Å². The number of hydrogen-bond acceptors (Lipinski definition) is 3. The zero-order valence-corrected chi connectivity index (χ0v) is 17.7. The summed E-state index contributed by atoms with van der Waals surface area (Å²) in [4.78, 5) is 28.4. The molecular weight excluding hydrogens is 368 g/mol. The molecule has 0 aliphatic rings. The first-order valence-corrected chi connectivity index (χ1v) is 10.8. The molecule has 0 fully saturated rings. The fourth-order valence-corrected chi connectivity index (χ4v) is 3.59. The average molecular weight is 399 g/mol. The Labute approximate surface area is 172 Å². The first-order chi connectivity index (χ1) is 13.5. The predicted molar refractivity (Wildman–Crippen MR) is 116 cm³/mol. The zero-order chi connectivity index (χ0) is 20.4. The summed E-state index contributed by atoms with van der Waals surface area (Å²) >= 11 is 1.50. The van der Waals surface area contributed by atoms with Gasteiger partial charge in [-0.3, -0.25) is 9.59 Å². The highest BCUT2D eigenvalue weighted by molar-refractivity contribution is 8.00. The van der Waals surface area contributed by atoms with E-state index < -0.39 is 6.04 Å². The van der Waals surface area contributed by atoms with Gasteiger partial charge in [0.05, 0.1) is 5.75 Å². The minimum Gasteiger partial charge on any atom is -0.352 e. The smallest absolute Gasteiger partial charge is 0.242 e. The van der Waals surface area contributed by atoms with Crippen LogP contribution in [0.5, 0.6) is 0 Å². The van der Waals surface area contributed by atoms with Crippen LogP contribution in [0, 0.1) is 0 Å². The van der Waals surface area contributed by atoms with Gasteiger partial charge in [0, 0.05) is 17.5 Å². The van der Waals surface area contributed by atoms with Crippen LogP contribution in [-0.2, 0) is 16.0 Å². The Bertz CT molecular complexity index is 737. The van der Waals surface area contributed by atoms with Gasteiger partial charge in [-0.25, -0.2) is 0 Å². The Morgan fingerprint density at radius 1 is 1.00 bits per heavy atom. The number of carbonyl (C=O) groups is 2. The van der Waals surface area contributed by atoms with Crippen molar-refractivity contribution in [1.82, 2.24) is 10.2 Å². The maximum Gasteiger partial charge on any atom is 0.242 e. The van der Waals surface area contributed by atoms with Gasteiger partial charge in [0.25, 0.3) is 0 Å². The van der Waals surface area contributed by atoms with Crippen LogP contribution in [-0.4, -0.2) is 41.1 Å². The lowest BCUT2D eigenvalue weighted by atomic mass is 10.1. The topological polar surface area (TPSA) is 49.4 Å². The summed E-state index contributed by atoms with van der Waals surface area (Å²) in [6, 6.07) is 19.5. The summed E-state index contributed by atoms with van der Waals surface area (Å²) in [5.41, 5.74) is 1.16. The highest BCUT2D eigenvalue weighted by atomic mass is 32.2. The van der Waals surface area contributed by atoms with Crippen LogP contribution in [0.25, 0.3) is 0 Å². The SMILES string of the molecule is CC[C@H](C)NC(=O)[C@@H](C)N(CCc1ccccc1)C(=O)CSc1ccccc1. The molecule has 2 aromatic rings. The molecule has 4 nitrogen and oxygen atoms in total. The van der Waals surface area contributed by atoms with Crippen molar-refractivity contribution < 1.29 is 9.59 Å². The van der Waals surface area contributed by atoms with Gasteiger partial charge < -0.3 is 10.2 Å². The van der Waals surface area contributed by atoms with Crippen molar-refractivity contribution in [2.45, 2.75) is 50.6 Å². The second-order valence-corrected chi connectivity index (χ2v) is 7.97. The first kappa shape index (κ1) is 22.0. The van der Waals surface area contributed by atoms with E-state index in [1.165, 1.54) is 11.8 Å². The summed E-state index contributed by atoms with van der Waals surface area (Å²) < 4.78 is 0. The minimum atomic E-state index is -0.499. The number of hydrogen-bond donors (Lipinski definition) is 1. The summed E-state index contributed by atoms with van der Waals surface area (Å²) in [7, 11) is 0. The molecule has 0 aliphatic heterocycles. The molecule has 150 valence electrons. The largest absolute Gasteiger partial charge is 0.352 e. The fraction of sp³-hybridized carbons (Fsp3) is 0.391. The van der Waals surface area contributed by atoms with E-state index >= 15 is 0 Å². The van der Waals surface area contributed by atoms with Crippen LogP contribution in [0.3, 0.4) is 0 Å². The van der Waals surface area contributed by atoms with Crippen molar-refractivity contribution in [3.05, 3.63) is 66.2 Å². The van der Waals surface area contributed by atoms with Crippen LogP contribution in [0.1, 0.15) is 32.8 Å². The van der Waals surface area contributed by atoms with Crippen LogP contribution < -0.4 is 5.32 Å². The molecule has 2 aromatic carbocycles. The van der Waals surface area contributed by atoms with Crippen LogP contribution in [0.15, 0.2) is 65.6 Å². The molecule has 0 aromatic heterocycles. The molecule has 0 aliphatic carbocycles. The fourth-order valence-electron chi connectivity index (χ4n) is 2.78. The molecule has 0 unspecified atom stereocenters. The van der Waals surface area contributed by atoms with Gasteiger partial charge in [0.15, 0.2) is 0 Å². The number of amides is 2. The average Bonchev–Trinajstić information content (AvgIpc) is 2.73. The molecule has 0 spiro atoms. The van der Waals surface area contributed by atoms with Gasteiger partial charge in [0.2, 0.25) is 11.8 Å². The van der Waals surface area contributed by atoms with Crippen LogP contribution in [0.2, 0.25) is 0 Å². The Morgan fingerprint density at radius 3 is 2.21 bits per heavy atom. The van der Waals surface area contributed by atoms with Crippen molar-refractivity contribution in [2.24, 2.45) is 0 Å². The minimum absolute atomic E-state index is 0.0171. The molecule has 0 saturated carbocycles. The zero-order valence-electron chi connectivity index (χ0n) is 16.9. The summed E-state index contributed by atoms with van der Waals surface area (Å²) in [5.74, 6) is 0.205. The van der Waals surface area contributed by atoms with E-state index in [0.29, 0.717) is 12.3 Å². The lowest BCUT2D eigenvalue weighted by Gasteiger charge is -2.29. The maximum absolute atomic E-state index is 13.0. The van der Waals surface area contributed by atoms with Crippen molar-refractivity contribution in [2.75, 3.05) is 12.3 Å². The Hall–Kier alpha value is -2.27. The molecule has 0 radical (unpaired) electrons. The number of carbonyl (C=O) groups excluding carboxylic acids is 2. The van der Waals surface area contributed by atoms with Gasteiger partial charge in [-0.1, -0.05) is 55.5 Å². The van der Waals surface area contributed by atoms with Crippen LogP contribution in [0.4, 0.5) is 0 Å². The van der Waals surface area contributed by atoms with Crippen molar-refractivity contribution in [3.63, 3.8) is 0 Å². The number of nitrogens with one attached hydrogen (secondary N) is 1. The normalized spacial score (nSPS) is 12.8. The van der Waals surface area contributed by atoms with Crippen molar-refractivity contribution >= 4 is 23.6 Å². The number of rotatable bonds is 10. The lowest BCUT2D eigenvalue weighted by molar-refractivity contribution is -0.138. The molecule has 5 heteroatoms. The Balaban J connectivity index is 2.05. The standard InChI is InChI=1S/C23H30N2O2S/c1-4-18(2)24-23(27)19(3)25(16-15-20-11-7-5-8-12-20)22(26)17-28-21-13-9-6-10-14-21/h5-14,18-19H,4,15-17H2,1-3H3,(H,24,27)/t18-,19+/m0/s1. The van der Waals surface area contributed by atoms with Gasteiger partial charge in [-0.2, -0.15) is 0 Å². The third-order valence-corrected chi connectivity index (χ3v) is 5.75. The van der Waals surface area contributed by atoms with Crippen molar-refractivity contribution in [3.8, 4) is 0 Å². The molecule has 2 amide bonds. The first-order valence-electron chi connectivity index (χ1n) is 9.82. The molecule has 0 saturated heterocycles. The number of benzene rings is 2. The highest BCUT2D eigenvalue weighted by Crippen LogP contribution is 2.18. The molecule has 1 N–H and O–H groups in total. The molecule has 0 heterocycles.